The Labute approximate surface area is 136 Å². The van der Waals surface area contributed by atoms with E-state index in [0.29, 0.717) is 6.42 Å². The van der Waals surface area contributed by atoms with E-state index in [2.05, 4.69) is 24.8 Å². The zero-order valence-corrected chi connectivity index (χ0v) is 14.5. The van der Waals surface area contributed by atoms with Crippen LogP contribution in [0.25, 0.3) is 0 Å². The van der Waals surface area contributed by atoms with Gasteiger partial charge in [0, 0.05) is 6.42 Å². The average Bonchev–Trinajstić information content (AvgIpc) is 2.46. The molecule has 0 rings (SSSR count). The van der Waals surface area contributed by atoms with Crippen LogP contribution in [0.4, 0.5) is 0 Å². The predicted octanol–water partition coefficient (Wildman–Crippen LogP) is 6.02. The first-order valence-electron chi connectivity index (χ1n) is 8.75. The normalized spacial score (nSPS) is 11.3. The fourth-order valence-corrected chi connectivity index (χ4v) is 2.61. The van der Waals surface area contributed by atoms with Gasteiger partial charge in [-0.25, -0.2) is 0 Å². The molecule has 0 aromatic rings. The van der Waals surface area contributed by atoms with Crippen molar-refractivity contribution in [1.82, 2.24) is 0 Å². The summed E-state index contributed by atoms with van der Waals surface area (Å²) in [5.74, 6) is 0.363. The molecule has 0 aromatic heterocycles. The van der Waals surface area contributed by atoms with Crippen LogP contribution in [0.3, 0.4) is 0 Å². The van der Waals surface area contributed by atoms with Gasteiger partial charge in [-0.1, -0.05) is 57.1 Å². The van der Waals surface area contributed by atoms with Gasteiger partial charge in [-0.2, -0.15) is 12.6 Å². The fraction of sp³-hybridized carbons (Fsp3) is 0.833. The summed E-state index contributed by atoms with van der Waals surface area (Å²) in [4.78, 5) is 10.3. The summed E-state index contributed by atoms with van der Waals surface area (Å²) in [7, 11) is 0. The highest BCUT2D eigenvalue weighted by atomic mass is 32.1. The largest absolute Gasteiger partial charge is 0.481 e. The number of hydrogen-bond donors (Lipinski definition) is 2. The van der Waals surface area contributed by atoms with Crippen molar-refractivity contribution in [2.24, 2.45) is 0 Å². The van der Waals surface area contributed by atoms with Crippen molar-refractivity contribution >= 4 is 18.6 Å². The number of carboxylic acid groups (broad SMARTS) is 1. The van der Waals surface area contributed by atoms with Crippen molar-refractivity contribution in [2.75, 3.05) is 5.75 Å². The van der Waals surface area contributed by atoms with E-state index in [1.54, 1.807) is 0 Å². The summed E-state index contributed by atoms with van der Waals surface area (Å²) in [5.41, 5.74) is 0. The number of allylic oxidation sites excluding steroid dienone is 2. The van der Waals surface area contributed by atoms with Gasteiger partial charge < -0.3 is 5.11 Å². The summed E-state index contributed by atoms with van der Waals surface area (Å²) in [6, 6.07) is 0. The molecule has 0 fully saturated rings. The summed E-state index contributed by atoms with van der Waals surface area (Å²) >= 11 is 4.22. The molecule has 0 bridgehead atoms. The molecule has 0 amide bonds. The molecule has 3 heteroatoms. The molecule has 0 saturated carbocycles. The first kappa shape index (κ1) is 20.6. The number of carbonyl (C=O) groups is 1. The lowest BCUT2D eigenvalue weighted by Crippen LogP contribution is -1.93. The molecule has 2 nitrogen and oxygen atoms in total. The highest BCUT2D eigenvalue weighted by molar-refractivity contribution is 7.80. The van der Waals surface area contributed by atoms with E-state index in [-0.39, 0.29) is 0 Å². The van der Waals surface area contributed by atoms with Gasteiger partial charge in [0.25, 0.3) is 0 Å². The van der Waals surface area contributed by atoms with Gasteiger partial charge in [-0.05, 0) is 44.3 Å². The zero-order valence-electron chi connectivity index (χ0n) is 13.6. The number of unbranched alkanes of at least 4 members (excludes halogenated alkanes) is 11. The summed E-state index contributed by atoms with van der Waals surface area (Å²) in [5, 5.41) is 8.52. The number of rotatable bonds is 16. The number of hydrogen-bond acceptors (Lipinski definition) is 2. The molecule has 0 atom stereocenters. The Morgan fingerprint density at radius 2 is 1.14 bits per heavy atom. The Hall–Kier alpha value is -0.440. The van der Waals surface area contributed by atoms with Crippen molar-refractivity contribution in [1.29, 1.82) is 0 Å². The van der Waals surface area contributed by atoms with Gasteiger partial charge in [0.05, 0.1) is 0 Å². The molecule has 0 aliphatic carbocycles. The fourth-order valence-electron chi connectivity index (χ4n) is 2.39. The van der Waals surface area contributed by atoms with Crippen molar-refractivity contribution in [3.05, 3.63) is 12.2 Å². The van der Waals surface area contributed by atoms with E-state index < -0.39 is 5.97 Å². The number of carboxylic acids is 1. The maximum Gasteiger partial charge on any atom is 0.303 e. The summed E-state index contributed by atoms with van der Waals surface area (Å²) in [6.07, 6.45) is 21.0. The second kappa shape index (κ2) is 17.6. The Balaban J connectivity index is 3.07. The molecule has 124 valence electrons. The molecular formula is C18H34O2S. The standard InChI is InChI=1S/C18H34O2S/c19-18(20)16-14-12-10-8-6-4-2-1-3-5-7-9-11-13-15-17-21/h1-2,21H,3-17H2,(H,19,20)/b2-1-. The minimum absolute atomic E-state index is 0.328. The molecule has 0 radical (unpaired) electrons. The van der Waals surface area contributed by atoms with Gasteiger partial charge in [0.1, 0.15) is 0 Å². The van der Waals surface area contributed by atoms with Crippen LogP contribution in [0, 0.1) is 0 Å². The van der Waals surface area contributed by atoms with Gasteiger partial charge in [0.2, 0.25) is 0 Å². The van der Waals surface area contributed by atoms with Crippen LogP contribution < -0.4 is 0 Å². The highest BCUT2D eigenvalue weighted by Gasteiger charge is 1.95. The van der Waals surface area contributed by atoms with Crippen molar-refractivity contribution in [2.45, 2.75) is 89.9 Å². The molecule has 21 heavy (non-hydrogen) atoms. The van der Waals surface area contributed by atoms with Crippen LogP contribution in [-0.2, 0) is 4.79 Å². The first-order chi connectivity index (χ1) is 10.3. The maximum atomic E-state index is 10.3. The van der Waals surface area contributed by atoms with E-state index >= 15 is 0 Å². The minimum atomic E-state index is -0.667. The first-order valence-corrected chi connectivity index (χ1v) is 9.38. The van der Waals surface area contributed by atoms with E-state index in [1.165, 1.54) is 70.6 Å². The maximum absolute atomic E-state index is 10.3. The third kappa shape index (κ3) is 19.6. The number of thiol groups is 1. The number of aliphatic carboxylic acids is 1. The van der Waals surface area contributed by atoms with Crippen molar-refractivity contribution in [3.63, 3.8) is 0 Å². The van der Waals surface area contributed by atoms with Gasteiger partial charge in [-0.15, -0.1) is 0 Å². The molecule has 0 aliphatic heterocycles. The van der Waals surface area contributed by atoms with Gasteiger partial charge in [0.15, 0.2) is 0 Å². The monoisotopic (exact) mass is 314 g/mol. The molecule has 0 unspecified atom stereocenters. The Kier molecular flexibility index (Phi) is 17.2. The molecule has 0 saturated heterocycles. The third-order valence-corrected chi connectivity index (χ3v) is 4.02. The van der Waals surface area contributed by atoms with Crippen LogP contribution in [0.5, 0.6) is 0 Å². The SMILES string of the molecule is O=C(O)CCCCCCC/C=C\CCCCCCCCS. The highest BCUT2D eigenvalue weighted by Crippen LogP contribution is 2.10. The lowest BCUT2D eigenvalue weighted by atomic mass is 10.1. The summed E-state index contributed by atoms with van der Waals surface area (Å²) < 4.78 is 0. The minimum Gasteiger partial charge on any atom is -0.481 e. The van der Waals surface area contributed by atoms with Crippen LogP contribution in [-0.4, -0.2) is 16.8 Å². The Bertz CT molecular complexity index is 252. The molecular weight excluding hydrogens is 280 g/mol. The van der Waals surface area contributed by atoms with E-state index in [9.17, 15) is 4.79 Å². The topological polar surface area (TPSA) is 37.3 Å². The van der Waals surface area contributed by atoms with E-state index in [1.807, 2.05) is 0 Å². The second-order valence-electron chi connectivity index (χ2n) is 5.81. The predicted molar refractivity (Wildman–Crippen MR) is 95.3 cm³/mol. The van der Waals surface area contributed by atoms with Crippen LogP contribution >= 0.6 is 12.6 Å². The van der Waals surface area contributed by atoms with Crippen LogP contribution in [0.2, 0.25) is 0 Å². The Morgan fingerprint density at radius 1 is 0.714 bits per heavy atom. The Morgan fingerprint density at radius 3 is 1.62 bits per heavy atom. The van der Waals surface area contributed by atoms with Crippen LogP contribution in [0.15, 0.2) is 12.2 Å². The smallest absolute Gasteiger partial charge is 0.303 e. The molecule has 1 N–H and O–H groups in total. The molecule has 0 aromatic carbocycles. The van der Waals surface area contributed by atoms with Gasteiger partial charge >= 0.3 is 5.97 Å². The van der Waals surface area contributed by atoms with Crippen molar-refractivity contribution < 1.29 is 9.90 Å². The quantitative estimate of drug-likeness (QED) is 0.208. The average molecular weight is 315 g/mol. The molecule has 0 spiro atoms. The lowest BCUT2D eigenvalue weighted by molar-refractivity contribution is -0.137. The zero-order chi connectivity index (χ0) is 15.6. The molecule has 0 heterocycles. The van der Waals surface area contributed by atoms with Crippen LogP contribution in [0.1, 0.15) is 89.9 Å². The lowest BCUT2D eigenvalue weighted by Gasteiger charge is -1.99. The van der Waals surface area contributed by atoms with Crippen molar-refractivity contribution in [3.8, 4) is 0 Å². The summed E-state index contributed by atoms with van der Waals surface area (Å²) in [6.45, 7) is 0. The third-order valence-electron chi connectivity index (χ3n) is 3.71. The van der Waals surface area contributed by atoms with E-state index in [4.69, 9.17) is 5.11 Å². The second-order valence-corrected chi connectivity index (χ2v) is 6.25. The molecule has 0 aliphatic rings. The van der Waals surface area contributed by atoms with E-state index in [0.717, 1.165) is 18.6 Å². The van der Waals surface area contributed by atoms with Gasteiger partial charge in [-0.3, -0.25) is 4.79 Å².